The van der Waals surface area contributed by atoms with Crippen molar-refractivity contribution >= 4 is 40.0 Å². The molecule has 1 aliphatic heterocycles. The summed E-state index contributed by atoms with van der Waals surface area (Å²) in [5, 5.41) is 4.44. The maximum atomic E-state index is 12.3. The van der Waals surface area contributed by atoms with Crippen LogP contribution in [0.5, 0.6) is 0 Å². The molecular formula is C18H19ClN6O. The van der Waals surface area contributed by atoms with Gasteiger partial charge in [-0.25, -0.2) is 9.97 Å². The van der Waals surface area contributed by atoms with Crippen molar-refractivity contribution in [1.29, 1.82) is 0 Å². The highest BCUT2D eigenvalue weighted by molar-refractivity contribution is 6.33. The van der Waals surface area contributed by atoms with Crippen LogP contribution in [0.1, 0.15) is 0 Å². The number of hydrogen-bond acceptors (Lipinski definition) is 5. The Hall–Kier alpha value is -2.64. The predicted octanol–water partition coefficient (Wildman–Crippen LogP) is 2.37. The molecule has 8 heteroatoms. The number of aromatic amines is 1. The van der Waals surface area contributed by atoms with Crippen LogP contribution < -0.4 is 10.2 Å². The molecule has 0 radical (unpaired) electrons. The van der Waals surface area contributed by atoms with Crippen LogP contribution >= 0.6 is 11.6 Å². The van der Waals surface area contributed by atoms with Crippen LogP contribution in [-0.2, 0) is 4.79 Å². The van der Waals surface area contributed by atoms with E-state index in [9.17, 15) is 4.79 Å². The molecule has 1 aromatic carbocycles. The SMILES string of the molecule is O=C(CN1CCN(c2ncnc3[nH]ccc23)CC1)Nc1ccccc1Cl. The van der Waals surface area contributed by atoms with Gasteiger partial charge in [-0.2, -0.15) is 0 Å². The first kappa shape index (κ1) is 16.8. The van der Waals surface area contributed by atoms with Gasteiger partial charge in [0.25, 0.3) is 0 Å². The number of halogens is 1. The molecule has 3 heterocycles. The molecule has 0 atom stereocenters. The van der Waals surface area contributed by atoms with E-state index in [-0.39, 0.29) is 5.91 Å². The molecule has 0 spiro atoms. The third kappa shape index (κ3) is 3.49. The van der Waals surface area contributed by atoms with Gasteiger partial charge in [0.2, 0.25) is 5.91 Å². The second-order valence-corrected chi connectivity index (χ2v) is 6.64. The van der Waals surface area contributed by atoms with E-state index in [1.54, 1.807) is 18.5 Å². The molecule has 0 saturated carbocycles. The standard InChI is InChI=1S/C18H19ClN6O/c19-14-3-1-2-4-15(14)23-16(26)11-24-7-9-25(10-8-24)18-13-5-6-20-17(13)21-12-22-18/h1-6,12H,7-11H2,(H,23,26)(H,20,21,22). The van der Waals surface area contributed by atoms with Gasteiger partial charge in [-0.15, -0.1) is 0 Å². The van der Waals surface area contributed by atoms with Crippen LogP contribution in [0.2, 0.25) is 5.02 Å². The molecular weight excluding hydrogens is 352 g/mol. The number of hydrogen-bond donors (Lipinski definition) is 2. The molecule has 7 nitrogen and oxygen atoms in total. The van der Waals surface area contributed by atoms with Crippen LogP contribution in [0.3, 0.4) is 0 Å². The molecule has 26 heavy (non-hydrogen) atoms. The van der Waals surface area contributed by atoms with Crippen molar-refractivity contribution in [3.05, 3.63) is 47.9 Å². The molecule has 3 aromatic rings. The number of carbonyl (C=O) groups is 1. The summed E-state index contributed by atoms with van der Waals surface area (Å²) in [6.07, 6.45) is 3.45. The number of piperazine rings is 1. The van der Waals surface area contributed by atoms with Crippen molar-refractivity contribution in [3.8, 4) is 0 Å². The number of amides is 1. The van der Waals surface area contributed by atoms with Crippen LogP contribution in [0, 0.1) is 0 Å². The zero-order valence-corrected chi connectivity index (χ0v) is 14.9. The van der Waals surface area contributed by atoms with Crippen molar-refractivity contribution < 1.29 is 4.79 Å². The third-order valence-electron chi connectivity index (χ3n) is 4.52. The van der Waals surface area contributed by atoms with Crippen molar-refractivity contribution in [1.82, 2.24) is 19.9 Å². The summed E-state index contributed by atoms with van der Waals surface area (Å²) < 4.78 is 0. The second kappa shape index (κ2) is 7.31. The van der Waals surface area contributed by atoms with E-state index in [4.69, 9.17) is 11.6 Å². The quantitative estimate of drug-likeness (QED) is 0.737. The fraction of sp³-hybridized carbons (Fsp3) is 0.278. The number of para-hydroxylation sites is 1. The molecule has 0 bridgehead atoms. The molecule has 1 amide bonds. The lowest BCUT2D eigenvalue weighted by Crippen LogP contribution is -2.49. The van der Waals surface area contributed by atoms with Crippen LogP contribution in [0.4, 0.5) is 11.5 Å². The van der Waals surface area contributed by atoms with Crippen molar-refractivity contribution in [2.75, 3.05) is 42.9 Å². The van der Waals surface area contributed by atoms with Crippen LogP contribution in [0.15, 0.2) is 42.9 Å². The highest BCUT2D eigenvalue weighted by Crippen LogP contribution is 2.23. The largest absolute Gasteiger partial charge is 0.353 e. The number of nitrogens with zero attached hydrogens (tertiary/aromatic N) is 4. The lowest BCUT2D eigenvalue weighted by molar-refractivity contribution is -0.117. The van der Waals surface area contributed by atoms with E-state index in [0.717, 1.165) is 43.0 Å². The van der Waals surface area contributed by atoms with Crippen molar-refractivity contribution in [3.63, 3.8) is 0 Å². The normalized spacial score (nSPS) is 15.3. The van der Waals surface area contributed by atoms with Gasteiger partial charge >= 0.3 is 0 Å². The van der Waals surface area contributed by atoms with Gasteiger partial charge in [-0.05, 0) is 18.2 Å². The number of benzene rings is 1. The summed E-state index contributed by atoms with van der Waals surface area (Å²) in [5.74, 6) is 0.887. The summed E-state index contributed by atoms with van der Waals surface area (Å²) in [5.41, 5.74) is 1.49. The maximum Gasteiger partial charge on any atom is 0.238 e. The molecule has 1 aliphatic rings. The Labute approximate surface area is 156 Å². The zero-order chi connectivity index (χ0) is 17.9. The number of anilines is 2. The van der Waals surface area contributed by atoms with E-state index >= 15 is 0 Å². The fourth-order valence-electron chi connectivity index (χ4n) is 3.18. The van der Waals surface area contributed by atoms with E-state index in [1.165, 1.54) is 0 Å². The first-order valence-electron chi connectivity index (χ1n) is 8.50. The number of nitrogens with one attached hydrogen (secondary N) is 2. The summed E-state index contributed by atoms with van der Waals surface area (Å²) >= 11 is 6.09. The number of H-pyrrole nitrogens is 1. The summed E-state index contributed by atoms with van der Waals surface area (Å²) in [6, 6.07) is 9.25. The van der Waals surface area contributed by atoms with Crippen LogP contribution in [0.25, 0.3) is 11.0 Å². The van der Waals surface area contributed by atoms with Gasteiger partial charge in [0.15, 0.2) is 0 Å². The number of rotatable bonds is 4. The van der Waals surface area contributed by atoms with Crippen molar-refractivity contribution in [2.45, 2.75) is 0 Å². The molecule has 0 aliphatic carbocycles. The highest BCUT2D eigenvalue weighted by Gasteiger charge is 2.21. The molecule has 2 aromatic heterocycles. The average molecular weight is 371 g/mol. The van der Waals surface area contributed by atoms with E-state index < -0.39 is 0 Å². The molecule has 2 N–H and O–H groups in total. The summed E-state index contributed by atoms with van der Waals surface area (Å²) in [6.45, 7) is 3.58. The molecule has 1 saturated heterocycles. The van der Waals surface area contributed by atoms with Gasteiger partial charge in [0, 0.05) is 32.4 Å². The van der Waals surface area contributed by atoms with Gasteiger partial charge < -0.3 is 15.2 Å². The number of aromatic nitrogens is 3. The van der Waals surface area contributed by atoms with Gasteiger partial charge in [-0.3, -0.25) is 9.69 Å². The first-order chi connectivity index (χ1) is 12.7. The Bertz CT molecular complexity index is 919. The average Bonchev–Trinajstić information content (AvgIpc) is 3.13. The Morgan fingerprint density at radius 1 is 1.15 bits per heavy atom. The third-order valence-corrected chi connectivity index (χ3v) is 4.85. The number of fused-ring (bicyclic) bond motifs is 1. The minimum absolute atomic E-state index is 0.0541. The van der Waals surface area contributed by atoms with Gasteiger partial charge in [0.1, 0.15) is 17.8 Å². The number of carbonyl (C=O) groups excluding carboxylic acids is 1. The molecule has 134 valence electrons. The molecule has 4 rings (SSSR count). The van der Waals surface area contributed by atoms with E-state index in [1.807, 2.05) is 24.4 Å². The maximum absolute atomic E-state index is 12.3. The monoisotopic (exact) mass is 370 g/mol. The molecule has 1 fully saturated rings. The first-order valence-corrected chi connectivity index (χ1v) is 8.88. The summed E-state index contributed by atoms with van der Waals surface area (Å²) in [4.78, 5) is 28.4. The Morgan fingerprint density at radius 2 is 1.96 bits per heavy atom. The Balaban J connectivity index is 1.34. The fourth-order valence-corrected chi connectivity index (χ4v) is 3.37. The van der Waals surface area contributed by atoms with Gasteiger partial charge in [-0.1, -0.05) is 23.7 Å². The van der Waals surface area contributed by atoms with Gasteiger partial charge in [0.05, 0.1) is 22.6 Å². The van der Waals surface area contributed by atoms with Crippen molar-refractivity contribution in [2.24, 2.45) is 0 Å². The Morgan fingerprint density at radius 3 is 2.77 bits per heavy atom. The zero-order valence-electron chi connectivity index (χ0n) is 14.2. The smallest absolute Gasteiger partial charge is 0.238 e. The molecule has 0 unspecified atom stereocenters. The second-order valence-electron chi connectivity index (χ2n) is 6.23. The Kier molecular flexibility index (Phi) is 4.73. The highest BCUT2D eigenvalue weighted by atomic mass is 35.5. The minimum Gasteiger partial charge on any atom is -0.353 e. The summed E-state index contributed by atoms with van der Waals surface area (Å²) in [7, 11) is 0. The van der Waals surface area contributed by atoms with Crippen LogP contribution in [-0.4, -0.2) is 58.5 Å². The van der Waals surface area contributed by atoms with E-state index in [0.29, 0.717) is 17.3 Å². The minimum atomic E-state index is -0.0541. The van der Waals surface area contributed by atoms with E-state index in [2.05, 4.69) is 30.1 Å². The lowest BCUT2D eigenvalue weighted by Gasteiger charge is -2.35. The lowest BCUT2D eigenvalue weighted by atomic mass is 10.2. The topological polar surface area (TPSA) is 77.2 Å². The predicted molar refractivity (Wildman–Crippen MR) is 103 cm³/mol.